The number of esters is 1. The Kier molecular flexibility index (Phi) is 9.78. The molecule has 3 aromatic carbocycles. The predicted octanol–water partition coefficient (Wildman–Crippen LogP) is 7.06. The van der Waals surface area contributed by atoms with Crippen molar-refractivity contribution in [2.24, 2.45) is 0 Å². The number of carbonyl (C=O) groups excluding carboxylic acids is 1. The van der Waals surface area contributed by atoms with E-state index in [0.29, 0.717) is 23.7 Å². The van der Waals surface area contributed by atoms with Gasteiger partial charge in [0.15, 0.2) is 6.79 Å². The van der Waals surface area contributed by atoms with E-state index in [1.165, 1.54) is 0 Å². The summed E-state index contributed by atoms with van der Waals surface area (Å²) >= 11 is 4.35. The van der Waals surface area contributed by atoms with Crippen LogP contribution in [0.1, 0.15) is 35.3 Å². The number of hydrogen-bond acceptors (Lipinski definition) is 5. The first-order chi connectivity index (χ1) is 16.3. The Morgan fingerprint density at radius 3 is 2.35 bits per heavy atom. The summed E-state index contributed by atoms with van der Waals surface area (Å²) in [5.41, 5.74) is 1.54. The predicted molar refractivity (Wildman–Crippen MR) is 150 cm³/mol. The second kappa shape index (κ2) is 12.6. The molecule has 0 N–H and O–H groups in total. The molecule has 0 saturated heterocycles. The number of halogens is 2. The van der Waals surface area contributed by atoms with Crippen LogP contribution >= 0.6 is 45.2 Å². The second-order valence-corrected chi connectivity index (χ2v) is 10.2. The van der Waals surface area contributed by atoms with Crippen molar-refractivity contribution < 1.29 is 23.7 Å². The highest BCUT2D eigenvalue weighted by atomic mass is 127. The summed E-state index contributed by atoms with van der Waals surface area (Å²) in [6.45, 7) is 8.14. The van der Waals surface area contributed by atoms with Gasteiger partial charge in [-0.25, -0.2) is 4.79 Å². The fourth-order valence-electron chi connectivity index (χ4n) is 3.12. The van der Waals surface area contributed by atoms with Gasteiger partial charge in [0.1, 0.15) is 29.3 Å². The fourth-order valence-corrected chi connectivity index (χ4v) is 5.12. The third-order valence-electron chi connectivity index (χ3n) is 4.94. The van der Waals surface area contributed by atoms with Crippen LogP contribution in [0.15, 0.2) is 73.3 Å². The Morgan fingerprint density at radius 1 is 0.971 bits per heavy atom. The van der Waals surface area contributed by atoms with E-state index >= 15 is 0 Å². The molecule has 0 aliphatic heterocycles. The lowest BCUT2D eigenvalue weighted by molar-refractivity contribution is -0.00522. The van der Waals surface area contributed by atoms with Crippen LogP contribution in [0.4, 0.5) is 0 Å². The molecule has 0 spiro atoms. The van der Waals surface area contributed by atoms with Crippen LogP contribution in [0.2, 0.25) is 0 Å². The average molecular weight is 684 g/mol. The number of ether oxygens (including phenoxy) is 4. The van der Waals surface area contributed by atoms with Gasteiger partial charge in [-0.3, -0.25) is 0 Å². The summed E-state index contributed by atoms with van der Waals surface area (Å²) in [6.07, 6.45) is 1.77. The lowest BCUT2D eigenvalue weighted by Crippen LogP contribution is -2.26. The Morgan fingerprint density at radius 2 is 1.68 bits per heavy atom. The maximum Gasteiger partial charge on any atom is 0.342 e. The first kappa shape index (κ1) is 26.5. The van der Waals surface area contributed by atoms with Crippen LogP contribution in [0, 0.1) is 7.14 Å². The average Bonchev–Trinajstić information content (AvgIpc) is 2.82. The van der Waals surface area contributed by atoms with Gasteiger partial charge in [0, 0.05) is 3.57 Å². The number of benzene rings is 3. The lowest BCUT2D eigenvalue weighted by Gasteiger charge is -2.26. The van der Waals surface area contributed by atoms with E-state index < -0.39 is 11.6 Å². The van der Waals surface area contributed by atoms with Crippen LogP contribution in [-0.2, 0) is 15.1 Å². The fraction of sp³-hybridized carbons (Fsp3) is 0.222. The van der Waals surface area contributed by atoms with Gasteiger partial charge < -0.3 is 18.9 Å². The van der Waals surface area contributed by atoms with E-state index in [2.05, 4.69) is 51.8 Å². The molecule has 3 aromatic rings. The molecule has 3 rings (SSSR count). The Bertz CT molecular complexity index is 1110. The molecule has 0 saturated carbocycles. The monoisotopic (exact) mass is 684 g/mol. The number of rotatable bonds is 11. The molecule has 0 bridgehead atoms. The van der Waals surface area contributed by atoms with Crippen molar-refractivity contribution in [1.29, 1.82) is 0 Å². The SMILES string of the molecule is C=Cc1ccc(OCOCCOc2c(I)cc(I)cc2C(=O)OC(C)(C)c2ccccc2)cc1. The molecule has 0 unspecified atom stereocenters. The van der Waals surface area contributed by atoms with Crippen LogP contribution in [0.5, 0.6) is 11.5 Å². The van der Waals surface area contributed by atoms with Crippen LogP contribution in [0.25, 0.3) is 6.08 Å². The van der Waals surface area contributed by atoms with E-state index in [0.717, 1.165) is 18.3 Å². The third-order valence-corrected chi connectivity index (χ3v) is 6.37. The molecule has 0 aromatic heterocycles. The number of hydrogen-bond donors (Lipinski definition) is 0. The Balaban J connectivity index is 1.58. The first-order valence-corrected chi connectivity index (χ1v) is 12.8. The molecule has 0 amide bonds. The summed E-state index contributed by atoms with van der Waals surface area (Å²) in [5, 5.41) is 0. The van der Waals surface area contributed by atoms with E-state index in [1.807, 2.05) is 74.5 Å². The van der Waals surface area contributed by atoms with Gasteiger partial charge in [0.2, 0.25) is 0 Å². The molecular formula is C27H26I2O5. The minimum Gasteiger partial charge on any atom is -0.489 e. The molecule has 0 heterocycles. The van der Waals surface area contributed by atoms with Crippen molar-refractivity contribution in [2.45, 2.75) is 19.4 Å². The molecule has 5 nitrogen and oxygen atoms in total. The third kappa shape index (κ3) is 7.44. The highest BCUT2D eigenvalue weighted by molar-refractivity contribution is 14.1. The molecule has 34 heavy (non-hydrogen) atoms. The Hall–Kier alpha value is -2.11. The molecule has 0 aliphatic carbocycles. The normalized spacial score (nSPS) is 11.1. The summed E-state index contributed by atoms with van der Waals surface area (Å²) in [5.74, 6) is 0.761. The largest absolute Gasteiger partial charge is 0.489 e. The quantitative estimate of drug-likeness (QED) is 0.0938. The molecule has 178 valence electrons. The van der Waals surface area contributed by atoms with E-state index in [4.69, 9.17) is 18.9 Å². The molecule has 0 fully saturated rings. The van der Waals surface area contributed by atoms with E-state index in [1.54, 1.807) is 12.1 Å². The summed E-state index contributed by atoms with van der Waals surface area (Å²) in [7, 11) is 0. The molecule has 0 atom stereocenters. The zero-order valence-corrected chi connectivity index (χ0v) is 23.4. The second-order valence-electron chi connectivity index (χ2n) is 7.82. The van der Waals surface area contributed by atoms with Crippen LogP contribution < -0.4 is 9.47 Å². The van der Waals surface area contributed by atoms with Gasteiger partial charge >= 0.3 is 5.97 Å². The minimum absolute atomic E-state index is 0.0980. The standard InChI is InChI=1S/C27H26I2O5/c1-4-19-10-12-22(13-11-19)33-18-31-14-15-32-25-23(16-21(28)17-24(25)29)26(30)34-27(2,3)20-8-6-5-7-9-20/h4-13,16-17H,1,14-15,18H2,2-3H3. The summed E-state index contributed by atoms with van der Waals surface area (Å²) < 4.78 is 24.7. The molecular weight excluding hydrogens is 658 g/mol. The van der Waals surface area contributed by atoms with Crippen molar-refractivity contribution >= 4 is 57.2 Å². The van der Waals surface area contributed by atoms with Crippen molar-refractivity contribution in [3.8, 4) is 11.5 Å². The topological polar surface area (TPSA) is 54.0 Å². The highest BCUT2D eigenvalue weighted by Crippen LogP contribution is 2.32. The smallest absolute Gasteiger partial charge is 0.342 e. The maximum absolute atomic E-state index is 13.1. The lowest BCUT2D eigenvalue weighted by atomic mass is 9.98. The van der Waals surface area contributed by atoms with E-state index in [-0.39, 0.29) is 13.4 Å². The van der Waals surface area contributed by atoms with Crippen molar-refractivity contribution in [3.63, 3.8) is 0 Å². The van der Waals surface area contributed by atoms with Gasteiger partial charge in [0.05, 0.1) is 10.2 Å². The van der Waals surface area contributed by atoms with Crippen LogP contribution in [0.3, 0.4) is 0 Å². The van der Waals surface area contributed by atoms with Gasteiger partial charge in [0.25, 0.3) is 0 Å². The number of carbonyl (C=O) groups is 1. The first-order valence-electron chi connectivity index (χ1n) is 10.6. The maximum atomic E-state index is 13.1. The Labute approximate surface area is 227 Å². The minimum atomic E-state index is -0.785. The summed E-state index contributed by atoms with van der Waals surface area (Å²) in [4.78, 5) is 13.1. The summed E-state index contributed by atoms with van der Waals surface area (Å²) in [6, 6.07) is 21.0. The van der Waals surface area contributed by atoms with Crippen molar-refractivity contribution in [3.05, 3.63) is 97.1 Å². The van der Waals surface area contributed by atoms with Crippen molar-refractivity contribution in [1.82, 2.24) is 0 Å². The van der Waals surface area contributed by atoms with Gasteiger partial charge in [-0.1, -0.05) is 55.1 Å². The zero-order chi connectivity index (χ0) is 24.6. The van der Waals surface area contributed by atoms with Gasteiger partial charge in [-0.15, -0.1) is 0 Å². The molecule has 7 heteroatoms. The van der Waals surface area contributed by atoms with Crippen molar-refractivity contribution in [2.75, 3.05) is 20.0 Å². The molecule has 0 radical (unpaired) electrons. The highest BCUT2D eigenvalue weighted by Gasteiger charge is 2.28. The molecule has 0 aliphatic rings. The van der Waals surface area contributed by atoms with E-state index in [9.17, 15) is 4.79 Å². The van der Waals surface area contributed by atoms with Crippen LogP contribution in [-0.4, -0.2) is 26.0 Å². The van der Waals surface area contributed by atoms with Gasteiger partial charge in [-0.2, -0.15) is 0 Å². The van der Waals surface area contributed by atoms with Gasteiger partial charge in [-0.05, 0) is 94.4 Å². The zero-order valence-electron chi connectivity index (χ0n) is 19.1.